The number of aromatic hydroxyl groups is 1. The van der Waals surface area contributed by atoms with Gasteiger partial charge in [0.05, 0.1) is 12.3 Å². The number of anilines is 2. The van der Waals surface area contributed by atoms with Gasteiger partial charge < -0.3 is 15.5 Å². The molecule has 22 heavy (non-hydrogen) atoms. The van der Waals surface area contributed by atoms with Crippen molar-refractivity contribution >= 4 is 11.6 Å². The van der Waals surface area contributed by atoms with E-state index < -0.39 is 0 Å². The van der Waals surface area contributed by atoms with E-state index in [0.717, 1.165) is 11.3 Å². The highest BCUT2D eigenvalue weighted by Gasteiger charge is 2.06. The molecule has 3 N–H and O–H groups in total. The smallest absolute Gasteiger partial charge is 0.227 e. The molecule has 0 aliphatic heterocycles. The Kier molecular flexibility index (Phi) is 3.98. The summed E-state index contributed by atoms with van der Waals surface area (Å²) in [5.41, 5.74) is 2.88. The fraction of sp³-hybridized carbons (Fsp3) is 0.0588. The average molecular weight is 293 g/mol. The van der Waals surface area contributed by atoms with E-state index in [1.807, 2.05) is 30.3 Å². The lowest BCUT2D eigenvalue weighted by atomic mass is 10.1. The minimum Gasteiger partial charge on any atom is -0.507 e. The van der Waals surface area contributed by atoms with Crippen LogP contribution in [0.5, 0.6) is 5.75 Å². The first kappa shape index (κ1) is 14.0. The molecule has 0 unspecified atom stereocenters. The van der Waals surface area contributed by atoms with Gasteiger partial charge in [-0.3, -0.25) is 0 Å². The third-order valence-electron chi connectivity index (χ3n) is 3.20. The summed E-state index contributed by atoms with van der Waals surface area (Å²) in [5.74, 6) is 0.602. The number of phenolic OH excluding ortho intramolecular Hbond substituents is 1. The second-order valence-corrected chi connectivity index (χ2v) is 4.77. The summed E-state index contributed by atoms with van der Waals surface area (Å²) in [7, 11) is 0. The molecule has 0 amide bonds. The number of phenols is 1. The van der Waals surface area contributed by atoms with Crippen molar-refractivity contribution in [3.05, 3.63) is 66.4 Å². The van der Waals surface area contributed by atoms with E-state index in [9.17, 15) is 5.11 Å². The highest BCUT2D eigenvalue weighted by Crippen LogP contribution is 2.27. The molecule has 0 aliphatic rings. The molecule has 3 rings (SSSR count). The molecule has 0 spiro atoms. The lowest BCUT2D eigenvalue weighted by Gasteiger charge is -2.08. The van der Waals surface area contributed by atoms with Crippen molar-refractivity contribution in [1.82, 2.24) is 9.97 Å². The SMILES string of the molecule is OCc1cccc(Nc2nccc(-c3ccccc3O)n2)c1. The fourth-order valence-electron chi connectivity index (χ4n) is 2.14. The third-order valence-corrected chi connectivity index (χ3v) is 3.20. The van der Waals surface area contributed by atoms with Crippen LogP contribution in [0, 0.1) is 0 Å². The van der Waals surface area contributed by atoms with Crippen LogP contribution in [0.25, 0.3) is 11.3 Å². The number of aliphatic hydroxyl groups excluding tert-OH is 1. The van der Waals surface area contributed by atoms with E-state index in [4.69, 9.17) is 5.11 Å². The van der Waals surface area contributed by atoms with Gasteiger partial charge in [-0.25, -0.2) is 9.97 Å². The first-order valence-electron chi connectivity index (χ1n) is 6.84. The zero-order valence-corrected chi connectivity index (χ0v) is 11.8. The summed E-state index contributed by atoms with van der Waals surface area (Å²) in [6.07, 6.45) is 1.63. The number of hydrogen-bond donors (Lipinski definition) is 3. The number of para-hydroxylation sites is 1. The molecule has 0 radical (unpaired) electrons. The molecular weight excluding hydrogens is 278 g/mol. The quantitative estimate of drug-likeness (QED) is 0.689. The van der Waals surface area contributed by atoms with Gasteiger partial charge in [0.15, 0.2) is 0 Å². The standard InChI is InChI=1S/C17H15N3O2/c21-11-12-4-3-5-13(10-12)19-17-18-9-8-15(20-17)14-6-1-2-7-16(14)22/h1-10,21-22H,11H2,(H,18,19,20). The monoisotopic (exact) mass is 293 g/mol. The molecule has 5 heteroatoms. The van der Waals surface area contributed by atoms with Crippen molar-refractivity contribution in [1.29, 1.82) is 0 Å². The minimum atomic E-state index is -0.0195. The topological polar surface area (TPSA) is 78.3 Å². The Morgan fingerprint density at radius 3 is 2.68 bits per heavy atom. The summed E-state index contributed by atoms with van der Waals surface area (Å²) < 4.78 is 0. The number of nitrogens with zero attached hydrogens (tertiary/aromatic N) is 2. The van der Waals surface area contributed by atoms with Crippen LogP contribution in [0.4, 0.5) is 11.6 Å². The van der Waals surface area contributed by atoms with Gasteiger partial charge in [-0.05, 0) is 35.9 Å². The molecule has 1 heterocycles. The van der Waals surface area contributed by atoms with Crippen molar-refractivity contribution < 1.29 is 10.2 Å². The number of hydrogen-bond acceptors (Lipinski definition) is 5. The van der Waals surface area contributed by atoms with Gasteiger partial charge in [0.2, 0.25) is 5.95 Å². The van der Waals surface area contributed by atoms with Gasteiger partial charge in [-0.15, -0.1) is 0 Å². The molecular formula is C17H15N3O2. The Morgan fingerprint density at radius 2 is 1.86 bits per heavy atom. The Morgan fingerprint density at radius 1 is 1.00 bits per heavy atom. The van der Waals surface area contributed by atoms with E-state index in [0.29, 0.717) is 17.2 Å². The molecule has 0 aliphatic carbocycles. The van der Waals surface area contributed by atoms with Gasteiger partial charge in [0.1, 0.15) is 5.75 Å². The maximum absolute atomic E-state index is 9.90. The molecule has 1 aromatic heterocycles. The zero-order valence-electron chi connectivity index (χ0n) is 11.8. The van der Waals surface area contributed by atoms with Crippen molar-refractivity contribution in [2.24, 2.45) is 0 Å². The van der Waals surface area contributed by atoms with Gasteiger partial charge in [-0.2, -0.15) is 0 Å². The zero-order chi connectivity index (χ0) is 15.4. The lowest BCUT2D eigenvalue weighted by molar-refractivity contribution is 0.282. The number of aliphatic hydroxyl groups is 1. The van der Waals surface area contributed by atoms with Crippen molar-refractivity contribution in [2.45, 2.75) is 6.61 Å². The van der Waals surface area contributed by atoms with Crippen LogP contribution in [-0.2, 0) is 6.61 Å². The number of aromatic nitrogens is 2. The summed E-state index contributed by atoms with van der Waals surface area (Å²) in [5, 5.41) is 22.2. The van der Waals surface area contributed by atoms with Gasteiger partial charge in [0.25, 0.3) is 0 Å². The number of rotatable bonds is 4. The van der Waals surface area contributed by atoms with Crippen LogP contribution in [0.3, 0.4) is 0 Å². The van der Waals surface area contributed by atoms with Gasteiger partial charge in [0, 0.05) is 17.4 Å². The van der Waals surface area contributed by atoms with Crippen LogP contribution in [0.1, 0.15) is 5.56 Å². The molecule has 0 bridgehead atoms. The predicted octanol–water partition coefficient (Wildman–Crippen LogP) is 3.09. The molecule has 0 saturated carbocycles. The molecule has 0 fully saturated rings. The number of nitrogens with one attached hydrogen (secondary N) is 1. The maximum Gasteiger partial charge on any atom is 0.227 e. The van der Waals surface area contributed by atoms with E-state index in [2.05, 4.69) is 15.3 Å². The van der Waals surface area contributed by atoms with Crippen LogP contribution in [0.15, 0.2) is 60.8 Å². The largest absolute Gasteiger partial charge is 0.507 e. The van der Waals surface area contributed by atoms with Gasteiger partial charge in [-0.1, -0.05) is 24.3 Å². The lowest BCUT2D eigenvalue weighted by Crippen LogP contribution is -1.98. The molecule has 2 aromatic carbocycles. The summed E-state index contributed by atoms with van der Waals surface area (Å²) in [6.45, 7) is -0.0195. The van der Waals surface area contributed by atoms with Crippen LogP contribution >= 0.6 is 0 Å². The summed E-state index contributed by atoms with van der Waals surface area (Å²) in [4.78, 5) is 8.59. The third kappa shape index (κ3) is 3.05. The first-order chi connectivity index (χ1) is 10.8. The second-order valence-electron chi connectivity index (χ2n) is 4.77. The van der Waals surface area contributed by atoms with Crippen molar-refractivity contribution in [3.63, 3.8) is 0 Å². The van der Waals surface area contributed by atoms with Gasteiger partial charge >= 0.3 is 0 Å². The Labute approximate surface area is 127 Å². The van der Waals surface area contributed by atoms with Crippen molar-refractivity contribution in [2.75, 3.05) is 5.32 Å². The highest BCUT2D eigenvalue weighted by molar-refractivity contribution is 5.67. The average Bonchev–Trinajstić information content (AvgIpc) is 2.56. The van der Waals surface area contributed by atoms with E-state index in [-0.39, 0.29) is 12.4 Å². The Balaban J connectivity index is 1.90. The number of benzene rings is 2. The highest BCUT2D eigenvalue weighted by atomic mass is 16.3. The van der Waals surface area contributed by atoms with Crippen molar-refractivity contribution in [3.8, 4) is 17.0 Å². The van der Waals surface area contributed by atoms with E-state index in [1.165, 1.54) is 0 Å². The van der Waals surface area contributed by atoms with Crippen LogP contribution in [-0.4, -0.2) is 20.2 Å². The summed E-state index contributed by atoms with van der Waals surface area (Å²) >= 11 is 0. The molecule has 3 aromatic rings. The Hall–Kier alpha value is -2.92. The predicted molar refractivity (Wildman–Crippen MR) is 84.8 cm³/mol. The maximum atomic E-state index is 9.90. The van der Waals surface area contributed by atoms with E-state index >= 15 is 0 Å². The molecule has 0 saturated heterocycles. The molecule has 110 valence electrons. The minimum absolute atomic E-state index is 0.0195. The first-order valence-corrected chi connectivity index (χ1v) is 6.84. The molecule has 5 nitrogen and oxygen atoms in total. The normalized spacial score (nSPS) is 10.4. The molecule has 0 atom stereocenters. The van der Waals surface area contributed by atoms with Crippen LogP contribution < -0.4 is 5.32 Å². The Bertz CT molecular complexity index is 790. The van der Waals surface area contributed by atoms with E-state index in [1.54, 1.807) is 30.5 Å². The van der Waals surface area contributed by atoms with Crippen LogP contribution in [0.2, 0.25) is 0 Å². The second kappa shape index (κ2) is 6.24. The fourth-order valence-corrected chi connectivity index (χ4v) is 2.14. The summed E-state index contributed by atoms with van der Waals surface area (Å²) in [6, 6.07) is 16.2.